The molecule has 7 heteroatoms. The van der Waals surface area contributed by atoms with Crippen LogP contribution in [0.25, 0.3) is 10.8 Å². The van der Waals surface area contributed by atoms with Crippen LogP contribution in [0.1, 0.15) is 22.3 Å². The van der Waals surface area contributed by atoms with E-state index in [9.17, 15) is 14.9 Å². The van der Waals surface area contributed by atoms with Gasteiger partial charge < -0.3 is 4.74 Å². The SMILES string of the molecule is Cc1ccc(COc2ccc3ccccc3c2/C=N/NC(=O)Cc2ccccc2[N+](=O)[O-])cc1. The summed E-state index contributed by atoms with van der Waals surface area (Å²) in [5.41, 5.74) is 5.65. The number of carbonyl (C=O) groups is 1. The van der Waals surface area contributed by atoms with Gasteiger partial charge in [0.1, 0.15) is 12.4 Å². The molecule has 1 N–H and O–H groups in total. The van der Waals surface area contributed by atoms with Crippen molar-refractivity contribution in [3.63, 3.8) is 0 Å². The molecular weight excluding hydrogens is 430 g/mol. The van der Waals surface area contributed by atoms with Gasteiger partial charge in [0, 0.05) is 17.2 Å². The van der Waals surface area contributed by atoms with E-state index in [4.69, 9.17) is 4.74 Å². The highest BCUT2D eigenvalue weighted by Gasteiger charge is 2.15. The Kier molecular flexibility index (Phi) is 6.93. The van der Waals surface area contributed by atoms with Crippen molar-refractivity contribution in [2.24, 2.45) is 5.10 Å². The van der Waals surface area contributed by atoms with Crippen molar-refractivity contribution in [2.45, 2.75) is 20.0 Å². The summed E-state index contributed by atoms with van der Waals surface area (Å²) < 4.78 is 6.09. The zero-order valence-corrected chi connectivity index (χ0v) is 18.6. The second kappa shape index (κ2) is 10.4. The Morgan fingerprint density at radius 3 is 2.53 bits per heavy atom. The van der Waals surface area contributed by atoms with E-state index in [2.05, 4.69) is 10.5 Å². The average molecular weight is 453 g/mol. The van der Waals surface area contributed by atoms with E-state index < -0.39 is 10.8 Å². The fourth-order valence-corrected chi connectivity index (χ4v) is 3.60. The van der Waals surface area contributed by atoms with Gasteiger partial charge in [0.25, 0.3) is 5.69 Å². The molecule has 0 fully saturated rings. The minimum absolute atomic E-state index is 0.0949. The highest BCUT2D eigenvalue weighted by Crippen LogP contribution is 2.27. The van der Waals surface area contributed by atoms with Crippen molar-refractivity contribution in [2.75, 3.05) is 0 Å². The van der Waals surface area contributed by atoms with Gasteiger partial charge in [-0.1, -0.05) is 78.4 Å². The Balaban J connectivity index is 1.53. The third-order valence-corrected chi connectivity index (χ3v) is 5.37. The topological polar surface area (TPSA) is 93.8 Å². The second-order valence-electron chi connectivity index (χ2n) is 7.83. The van der Waals surface area contributed by atoms with Gasteiger partial charge >= 0.3 is 0 Å². The maximum absolute atomic E-state index is 12.4. The molecule has 0 saturated heterocycles. The molecule has 0 aliphatic rings. The number of nitro groups is 1. The number of nitro benzene ring substituents is 1. The minimum atomic E-state index is -0.500. The zero-order chi connectivity index (χ0) is 23.9. The number of aryl methyl sites for hydroxylation is 1. The van der Waals surface area contributed by atoms with Gasteiger partial charge in [-0.25, -0.2) is 5.43 Å². The van der Waals surface area contributed by atoms with Gasteiger partial charge in [-0.3, -0.25) is 14.9 Å². The predicted octanol–water partition coefficient (Wildman–Crippen LogP) is 5.33. The first-order valence-electron chi connectivity index (χ1n) is 10.8. The number of carbonyl (C=O) groups excluding carboxylic acids is 1. The lowest BCUT2D eigenvalue weighted by atomic mass is 10.0. The summed E-state index contributed by atoms with van der Waals surface area (Å²) in [7, 11) is 0. The number of hydrogen-bond donors (Lipinski definition) is 1. The lowest BCUT2D eigenvalue weighted by Crippen LogP contribution is -2.20. The van der Waals surface area contributed by atoms with Crippen LogP contribution in [0.5, 0.6) is 5.75 Å². The molecule has 0 aliphatic heterocycles. The fraction of sp³-hybridized carbons (Fsp3) is 0.111. The molecule has 0 heterocycles. The molecule has 7 nitrogen and oxygen atoms in total. The molecule has 0 unspecified atom stereocenters. The molecule has 4 aromatic carbocycles. The molecule has 0 saturated carbocycles. The van der Waals surface area contributed by atoms with Crippen LogP contribution in [-0.2, 0) is 17.8 Å². The summed E-state index contributed by atoms with van der Waals surface area (Å²) in [6, 6.07) is 26.0. The second-order valence-corrected chi connectivity index (χ2v) is 7.83. The van der Waals surface area contributed by atoms with Gasteiger partial charge in [0.2, 0.25) is 5.91 Å². The van der Waals surface area contributed by atoms with Crippen LogP contribution in [0.4, 0.5) is 5.69 Å². The first-order chi connectivity index (χ1) is 16.5. The summed E-state index contributed by atoms with van der Waals surface area (Å²) in [5.74, 6) is 0.184. The van der Waals surface area contributed by atoms with Crippen LogP contribution in [0.2, 0.25) is 0 Å². The number of fused-ring (bicyclic) bond motifs is 1. The monoisotopic (exact) mass is 453 g/mol. The Morgan fingerprint density at radius 2 is 1.74 bits per heavy atom. The minimum Gasteiger partial charge on any atom is -0.488 e. The Morgan fingerprint density at radius 1 is 1.00 bits per heavy atom. The molecule has 0 radical (unpaired) electrons. The third kappa shape index (κ3) is 5.45. The van der Waals surface area contributed by atoms with E-state index in [1.807, 2.05) is 67.6 Å². The van der Waals surface area contributed by atoms with E-state index in [0.717, 1.165) is 21.9 Å². The summed E-state index contributed by atoms with van der Waals surface area (Å²) >= 11 is 0. The average Bonchev–Trinajstić information content (AvgIpc) is 2.84. The van der Waals surface area contributed by atoms with E-state index in [-0.39, 0.29) is 12.1 Å². The highest BCUT2D eigenvalue weighted by atomic mass is 16.6. The van der Waals surface area contributed by atoms with E-state index in [1.54, 1.807) is 24.4 Å². The normalized spacial score (nSPS) is 11.0. The van der Waals surface area contributed by atoms with Crippen molar-refractivity contribution in [3.8, 4) is 5.75 Å². The molecule has 1 amide bonds. The summed E-state index contributed by atoms with van der Waals surface area (Å²) in [4.78, 5) is 23.1. The number of nitrogens with zero attached hydrogens (tertiary/aromatic N) is 2. The summed E-state index contributed by atoms with van der Waals surface area (Å²) in [5, 5.41) is 17.2. The van der Waals surface area contributed by atoms with Crippen molar-refractivity contribution < 1.29 is 14.5 Å². The van der Waals surface area contributed by atoms with Crippen molar-refractivity contribution in [3.05, 3.63) is 117 Å². The Bertz CT molecular complexity index is 1360. The van der Waals surface area contributed by atoms with Gasteiger partial charge in [-0.05, 0) is 29.3 Å². The van der Waals surface area contributed by atoms with Crippen LogP contribution in [0, 0.1) is 17.0 Å². The first-order valence-corrected chi connectivity index (χ1v) is 10.8. The molecule has 0 spiro atoms. The van der Waals surface area contributed by atoms with Crippen LogP contribution in [0.3, 0.4) is 0 Å². The summed E-state index contributed by atoms with van der Waals surface area (Å²) in [6.07, 6.45) is 1.39. The van der Waals surface area contributed by atoms with E-state index in [1.165, 1.54) is 11.6 Å². The fourth-order valence-electron chi connectivity index (χ4n) is 3.60. The molecule has 170 valence electrons. The van der Waals surface area contributed by atoms with Crippen molar-refractivity contribution in [1.29, 1.82) is 0 Å². The van der Waals surface area contributed by atoms with Crippen molar-refractivity contribution in [1.82, 2.24) is 5.43 Å². The third-order valence-electron chi connectivity index (χ3n) is 5.37. The number of ether oxygens (including phenoxy) is 1. The predicted molar refractivity (Wildman–Crippen MR) is 132 cm³/mol. The van der Waals surface area contributed by atoms with E-state index >= 15 is 0 Å². The number of para-hydroxylation sites is 1. The van der Waals surface area contributed by atoms with Crippen LogP contribution < -0.4 is 10.2 Å². The van der Waals surface area contributed by atoms with Gasteiger partial charge in [-0.2, -0.15) is 5.10 Å². The number of amides is 1. The molecular formula is C27H23N3O4. The molecule has 0 aliphatic carbocycles. The van der Waals surface area contributed by atoms with Crippen LogP contribution in [0.15, 0.2) is 90.0 Å². The molecule has 34 heavy (non-hydrogen) atoms. The van der Waals surface area contributed by atoms with Gasteiger partial charge in [-0.15, -0.1) is 0 Å². The Hall–Kier alpha value is -4.52. The number of benzene rings is 4. The van der Waals surface area contributed by atoms with E-state index in [0.29, 0.717) is 17.9 Å². The Labute approximate surface area is 196 Å². The molecule has 4 rings (SSSR count). The lowest BCUT2D eigenvalue weighted by molar-refractivity contribution is -0.385. The smallest absolute Gasteiger partial charge is 0.273 e. The molecule has 0 atom stereocenters. The summed E-state index contributed by atoms with van der Waals surface area (Å²) in [6.45, 7) is 2.43. The quantitative estimate of drug-likeness (QED) is 0.222. The lowest BCUT2D eigenvalue weighted by Gasteiger charge is -2.12. The maximum Gasteiger partial charge on any atom is 0.273 e. The van der Waals surface area contributed by atoms with Crippen LogP contribution in [-0.4, -0.2) is 17.0 Å². The number of nitrogens with one attached hydrogen (secondary N) is 1. The van der Waals surface area contributed by atoms with Gasteiger partial charge in [0.05, 0.1) is 17.6 Å². The van der Waals surface area contributed by atoms with Crippen LogP contribution >= 0.6 is 0 Å². The standard InChI is InChI=1S/C27H23N3O4/c1-19-10-12-20(13-11-19)18-34-26-15-14-21-6-2-4-8-23(21)24(26)17-28-29-27(31)16-22-7-3-5-9-25(22)30(32)33/h2-15,17H,16,18H2,1H3,(H,29,31)/b28-17+. The molecule has 0 aromatic heterocycles. The number of hydrogen-bond acceptors (Lipinski definition) is 5. The first kappa shape index (κ1) is 22.7. The molecule has 0 bridgehead atoms. The maximum atomic E-state index is 12.4. The number of hydrazone groups is 1. The van der Waals surface area contributed by atoms with Crippen molar-refractivity contribution >= 4 is 28.6 Å². The highest BCUT2D eigenvalue weighted by molar-refractivity contribution is 6.02. The number of rotatable bonds is 8. The molecule has 4 aromatic rings. The van der Waals surface area contributed by atoms with Gasteiger partial charge in [0.15, 0.2) is 0 Å². The zero-order valence-electron chi connectivity index (χ0n) is 18.6. The largest absolute Gasteiger partial charge is 0.488 e.